The fourth-order valence-electron chi connectivity index (χ4n) is 1.83. The Balaban J connectivity index is 2.47. The second kappa shape index (κ2) is 7.09. The van der Waals surface area contributed by atoms with Crippen molar-refractivity contribution in [2.45, 2.75) is 39.5 Å². The average molecular weight is 228 g/mol. The van der Waals surface area contributed by atoms with Gasteiger partial charge in [-0.1, -0.05) is 12.8 Å². The molecular weight excluding hydrogens is 208 g/mol. The third kappa shape index (κ3) is 4.08. The van der Waals surface area contributed by atoms with E-state index in [1.165, 1.54) is 12.8 Å². The highest BCUT2D eigenvalue weighted by molar-refractivity contribution is 5.80. The van der Waals surface area contributed by atoms with Gasteiger partial charge in [-0.15, -0.1) is 5.10 Å². The van der Waals surface area contributed by atoms with Crippen molar-refractivity contribution in [3.8, 4) is 0 Å². The van der Waals surface area contributed by atoms with Gasteiger partial charge >= 0.3 is 6.09 Å². The van der Waals surface area contributed by atoms with Gasteiger partial charge in [-0.05, 0) is 26.7 Å². The van der Waals surface area contributed by atoms with E-state index in [1.807, 2.05) is 6.92 Å². The van der Waals surface area contributed by atoms with Crippen LogP contribution < -0.4 is 5.43 Å². The molecule has 0 aromatic rings. The first-order chi connectivity index (χ1) is 7.77. The lowest BCUT2D eigenvalue weighted by molar-refractivity contribution is 0.152. The van der Waals surface area contributed by atoms with Gasteiger partial charge in [0.2, 0.25) is 5.90 Å². The second-order valence-corrected chi connectivity index (χ2v) is 3.70. The molecular formula is C11H20N2O3. The summed E-state index contributed by atoms with van der Waals surface area (Å²) in [6.07, 6.45) is 4.05. The molecule has 0 spiro atoms. The van der Waals surface area contributed by atoms with Gasteiger partial charge in [0.1, 0.15) is 0 Å². The Labute approximate surface area is 96.2 Å². The number of nitrogens with one attached hydrogen (secondary N) is 1. The zero-order valence-electron chi connectivity index (χ0n) is 9.99. The van der Waals surface area contributed by atoms with Crippen molar-refractivity contribution in [3.63, 3.8) is 0 Å². The van der Waals surface area contributed by atoms with Gasteiger partial charge < -0.3 is 9.47 Å². The zero-order valence-corrected chi connectivity index (χ0v) is 9.99. The van der Waals surface area contributed by atoms with E-state index in [0.29, 0.717) is 25.0 Å². The molecule has 1 rings (SSSR count). The summed E-state index contributed by atoms with van der Waals surface area (Å²) in [4.78, 5) is 11.1. The summed E-state index contributed by atoms with van der Waals surface area (Å²) in [5.41, 5.74) is 2.35. The van der Waals surface area contributed by atoms with E-state index >= 15 is 0 Å². The molecule has 1 aliphatic carbocycles. The predicted molar refractivity (Wildman–Crippen MR) is 61.2 cm³/mol. The number of carbonyl (C=O) groups excluding carboxylic acids is 1. The summed E-state index contributed by atoms with van der Waals surface area (Å²) in [5.74, 6) is 0.981. The molecule has 0 atom stereocenters. The molecule has 0 radical (unpaired) electrons. The molecule has 5 nitrogen and oxygen atoms in total. The van der Waals surface area contributed by atoms with Crippen molar-refractivity contribution in [3.05, 3.63) is 0 Å². The van der Waals surface area contributed by atoms with Gasteiger partial charge in [0.05, 0.1) is 13.2 Å². The fourth-order valence-corrected chi connectivity index (χ4v) is 1.83. The first-order valence-electron chi connectivity index (χ1n) is 5.91. The normalized spacial score (nSPS) is 17.2. The summed E-state index contributed by atoms with van der Waals surface area (Å²) in [6.45, 7) is 4.58. The minimum Gasteiger partial charge on any atom is -0.480 e. The van der Waals surface area contributed by atoms with Crippen LogP contribution >= 0.6 is 0 Å². The molecule has 0 heterocycles. The maximum Gasteiger partial charge on any atom is 0.427 e. The minimum absolute atomic E-state index is 0.342. The molecule has 92 valence electrons. The maximum atomic E-state index is 11.1. The van der Waals surface area contributed by atoms with Crippen molar-refractivity contribution >= 4 is 12.0 Å². The smallest absolute Gasteiger partial charge is 0.427 e. The molecule has 0 bridgehead atoms. The lowest BCUT2D eigenvalue weighted by Crippen LogP contribution is -2.24. The van der Waals surface area contributed by atoms with Crippen molar-refractivity contribution in [1.82, 2.24) is 5.43 Å². The van der Waals surface area contributed by atoms with Crippen LogP contribution in [0.5, 0.6) is 0 Å². The van der Waals surface area contributed by atoms with E-state index < -0.39 is 6.09 Å². The molecule has 5 heteroatoms. The van der Waals surface area contributed by atoms with E-state index in [-0.39, 0.29) is 0 Å². The number of nitrogens with zero attached hydrogens (tertiary/aromatic N) is 1. The van der Waals surface area contributed by atoms with Crippen LogP contribution in [0.4, 0.5) is 4.79 Å². The minimum atomic E-state index is -0.530. The fraction of sp³-hybridized carbons (Fsp3) is 0.818. The maximum absolute atomic E-state index is 11.1. The molecule has 16 heavy (non-hydrogen) atoms. The lowest BCUT2D eigenvalue weighted by Gasteiger charge is -2.13. The Morgan fingerprint density at radius 2 is 1.88 bits per heavy atom. The van der Waals surface area contributed by atoms with Crippen molar-refractivity contribution in [2.75, 3.05) is 13.2 Å². The first-order valence-corrected chi connectivity index (χ1v) is 5.91. The molecule has 1 fully saturated rings. The Morgan fingerprint density at radius 3 is 2.44 bits per heavy atom. The Morgan fingerprint density at radius 1 is 1.25 bits per heavy atom. The number of ether oxygens (including phenoxy) is 2. The number of hydrazone groups is 1. The number of hydrogen-bond acceptors (Lipinski definition) is 4. The van der Waals surface area contributed by atoms with Crippen LogP contribution in [0.1, 0.15) is 39.5 Å². The van der Waals surface area contributed by atoms with Gasteiger partial charge in [0.15, 0.2) is 0 Å². The van der Waals surface area contributed by atoms with E-state index in [9.17, 15) is 4.79 Å². The van der Waals surface area contributed by atoms with Gasteiger partial charge in [-0.25, -0.2) is 10.2 Å². The first kappa shape index (κ1) is 12.8. The number of hydrogen-bond donors (Lipinski definition) is 1. The summed E-state index contributed by atoms with van der Waals surface area (Å²) >= 11 is 0. The van der Waals surface area contributed by atoms with Crippen LogP contribution in [-0.4, -0.2) is 25.2 Å². The highest BCUT2D eigenvalue weighted by atomic mass is 16.6. The Kier molecular flexibility index (Phi) is 5.67. The highest BCUT2D eigenvalue weighted by Gasteiger charge is 2.22. The number of rotatable bonds is 4. The predicted octanol–water partition coefficient (Wildman–Crippen LogP) is 2.27. The average Bonchev–Trinajstić information content (AvgIpc) is 2.78. The topological polar surface area (TPSA) is 59.9 Å². The molecule has 0 unspecified atom stereocenters. The summed E-state index contributed by atoms with van der Waals surface area (Å²) in [6, 6.07) is 0. The van der Waals surface area contributed by atoms with E-state index in [1.54, 1.807) is 6.92 Å². The van der Waals surface area contributed by atoms with Gasteiger partial charge in [-0.2, -0.15) is 0 Å². The van der Waals surface area contributed by atoms with Crippen molar-refractivity contribution < 1.29 is 14.3 Å². The quantitative estimate of drug-likeness (QED) is 0.456. The molecule has 0 aromatic carbocycles. The molecule has 0 aromatic heterocycles. The highest BCUT2D eigenvalue weighted by Crippen LogP contribution is 2.26. The Bertz CT molecular complexity index is 248. The molecule has 1 amide bonds. The summed E-state index contributed by atoms with van der Waals surface area (Å²) in [7, 11) is 0. The third-order valence-electron chi connectivity index (χ3n) is 2.53. The monoisotopic (exact) mass is 228 g/mol. The van der Waals surface area contributed by atoms with Crippen molar-refractivity contribution in [2.24, 2.45) is 11.0 Å². The number of amides is 1. The van der Waals surface area contributed by atoms with E-state index in [4.69, 9.17) is 9.47 Å². The SMILES string of the molecule is CCOC(=O)NN=C(OCC)C1CCCC1. The molecule has 1 N–H and O–H groups in total. The van der Waals surface area contributed by atoms with E-state index in [0.717, 1.165) is 12.8 Å². The lowest BCUT2D eigenvalue weighted by atomic mass is 10.1. The van der Waals surface area contributed by atoms with Crippen LogP contribution in [0, 0.1) is 5.92 Å². The van der Waals surface area contributed by atoms with Crippen molar-refractivity contribution in [1.29, 1.82) is 0 Å². The largest absolute Gasteiger partial charge is 0.480 e. The van der Waals surface area contributed by atoms with Crippen LogP contribution in [0.15, 0.2) is 5.10 Å². The summed E-state index contributed by atoms with van der Waals surface area (Å²) < 4.78 is 10.2. The van der Waals surface area contributed by atoms with Gasteiger partial charge in [-0.3, -0.25) is 0 Å². The Hall–Kier alpha value is -1.26. The summed E-state index contributed by atoms with van der Waals surface area (Å²) in [5, 5.41) is 3.98. The molecule has 0 saturated heterocycles. The molecule has 0 aliphatic heterocycles. The molecule has 1 saturated carbocycles. The van der Waals surface area contributed by atoms with E-state index in [2.05, 4.69) is 10.5 Å². The van der Waals surface area contributed by atoms with Crippen LogP contribution in [0.25, 0.3) is 0 Å². The second-order valence-electron chi connectivity index (χ2n) is 3.70. The van der Waals surface area contributed by atoms with Gasteiger partial charge in [0.25, 0.3) is 0 Å². The zero-order chi connectivity index (χ0) is 11.8. The number of carbonyl (C=O) groups is 1. The molecule has 1 aliphatic rings. The third-order valence-corrected chi connectivity index (χ3v) is 2.53. The van der Waals surface area contributed by atoms with Crippen LogP contribution in [-0.2, 0) is 9.47 Å². The van der Waals surface area contributed by atoms with Crippen LogP contribution in [0.2, 0.25) is 0 Å². The van der Waals surface area contributed by atoms with Gasteiger partial charge in [0, 0.05) is 5.92 Å². The standard InChI is InChI=1S/C11H20N2O3/c1-3-15-10(9-7-5-6-8-9)12-13-11(14)16-4-2/h9H,3-8H2,1-2H3,(H,13,14). The van der Waals surface area contributed by atoms with Crippen LogP contribution in [0.3, 0.4) is 0 Å².